The molecular formula is C26H30F2Zr. The molecule has 0 aliphatic carbocycles. The molecule has 0 aliphatic heterocycles. The zero-order valence-electron chi connectivity index (χ0n) is 18.2. The summed E-state index contributed by atoms with van der Waals surface area (Å²) in [7, 11) is 0. The molecule has 0 saturated heterocycles. The first-order valence-corrected chi connectivity index (χ1v) is 11.9. The summed E-state index contributed by atoms with van der Waals surface area (Å²) in [5.41, 5.74) is 5.66. The van der Waals surface area contributed by atoms with E-state index in [1.165, 1.54) is 43.8 Å². The Bertz CT molecular complexity index is 953. The van der Waals surface area contributed by atoms with E-state index in [4.69, 9.17) is 0 Å². The molecule has 0 heterocycles. The van der Waals surface area contributed by atoms with Crippen LogP contribution in [0.3, 0.4) is 0 Å². The van der Waals surface area contributed by atoms with Crippen LogP contribution in [0.1, 0.15) is 61.8 Å². The SMILES string of the molecule is Cc1cc2c(C(C)C)cccc2[cH-]1.Cc1cc2c(C(C)C)cccc2[cH-]1.[F][Zr+2][F]. The number of benzene rings is 2. The quantitative estimate of drug-likeness (QED) is 0.256. The van der Waals surface area contributed by atoms with Gasteiger partial charge in [-0.05, 0) is 11.8 Å². The third kappa shape index (κ3) is 6.19. The van der Waals surface area contributed by atoms with E-state index in [0.717, 1.165) is 0 Å². The number of rotatable bonds is 2. The van der Waals surface area contributed by atoms with Gasteiger partial charge in [0, 0.05) is 0 Å². The van der Waals surface area contributed by atoms with Crippen LogP contribution in [0.4, 0.5) is 5.25 Å². The maximum atomic E-state index is 9.80. The second kappa shape index (κ2) is 11.0. The van der Waals surface area contributed by atoms with Crippen LogP contribution in [0.25, 0.3) is 21.5 Å². The van der Waals surface area contributed by atoms with Crippen molar-refractivity contribution < 1.29 is 29.7 Å². The first kappa shape index (κ1) is 23.7. The molecule has 0 aromatic heterocycles. The molecule has 0 nitrogen and oxygen atoms in total. The molecule has 0 saturated carbocycles. The third-order valence-electron chi connectivity index (χ3n) is 5.10. The Morgan fingerprint density at radius 1 is 0.690 bits per heavy atom. The fourth-order valence-corrected chi connectivity index (χ4v) is 3.82. The van der Waals surface area contributed by atoms with Gasteiger partial charge >= 0.3 is 29.7 Å². The Labute approximate surface area is 187 Å². The van der Waals surface area contributed by atoms with Crippen LogP contribution in [0.15, 0.2) is 60.7 Å². The summed E-state index contributed by atoms with van der Waals surface area (Å²) >= 11 is -2.77. The van der Waals surface area contributed by atoms with Gasteiger partial charge in [0.15, 0.2) is 0 Å². The van der Waals surface area contributed by atoms with Crippen molar-refractivity contribution >= 4 is 21.5 Å². The van der Waals surface area contributed by atoms with E-state index in [0.29, 0.717) is 11.8 Å². The molecule has 0 spiro atoms. The summed E-state index contributed by atoms with van der Waals surface area (Å²) in [6.45, 7) is 13.3. The second-order valence-corrected chi connectivity index (χ2v) is 8.50. The van der Waals surface area contributed by atoms with Gasteiger partial charge in [-0.1, -0.05) is 64.8 Å². The molecule has 3 heteroatoms. The summed E-state index contributed by atoms with van der Waals surface area (Å²) in [6.07, 6.45) is 0. The van der Waals surface area contributed by atoms with Crippen LogP contribution in [-0.4, -0.2) is 0 Å². The molecule has 4 aromatic carbocycles. The molecule has 0 atom stereocenters. The molecule has 4 aromatic rings. The van der Waals surface area contributed by atoms with Crippen molar-refractivity contribution in [3.63, 3.8) is 0 Å². The number of aryl methyl sites for hydroxylation is 2. The van der Waals surface area contributed by atoms with Crippen LogP contribution in [0, 0.1) is 13.8 Å². The van der Waals surface area contributed by atoms with E-state index in [-0.39, 0.29) is 0 Å². The molecule has 0 bridgehead atoms. The Kier molecular flexibility index (Phi) is 8.96. The minimum atomic E-state index is -2.77. The van der Waals surface area contributed by atoms with Gasteiger partial charge in [0.05, 0.1) is 0 Å². The molecule has 152 valence electrons. The van der Waals surface area contributed by atoms with Crippen molar-refractivity contribution in [2.45, 2.75) is 53.4 Å². The number of hydrogen-bond acceptors (Lipinski definition) is 0. The molecule has 4 rings (SSSR count). The number of fused-ring (bicyclic) bond motifs is 2. The van der Waals surface area contributed by atoms with Crippen molar-refractivity contribution in [1.82, 2.24) is 0 Å². The first-order chi connectivity index (χ1) is 13.8. The van der Waals surface area contributed by atoms with Crippen molar-refractivity contribution in [2.24, 2.45) is 0 Å². The molecular weight excluding hydrogens is 442 g/mol. The summed E-state index contributed by atoms with van der Waals surface area (Å²) in [6, 6.07) is 22.2. The Hall–Kier alpha value is -1.60. The van der Waals surface area contributed by atoms with Gasteiger partial charge in [-0.25, -0.2) is 0 Å². The normalized spacial score (nSPS) is 10.6. The molecule has 0 unspecified atom stereocenters. The summed E-state index contributed by atoms with van der Waals surface area (Å²) < 4.78 is 19.6. The minimum absolute atomic E-state index is 0.616. The predicted molar refractivity (Wildman–Crippen MR) is 119 cm³/mol. The fraction of sp³-hybridized carbons (Fsp3) is 0.308. The van der Waals surface area contributed by atoms with E-state index in [9.17, 15) is 5.25 Å². The number of hydrogen-bond donors (Lipinski definition) is 0. The van der Waals surface area contributed by atoms with Crippen LogP contribution < -0.4 is 0 Å². The van der Waals surface area contributed by atoms with Crippen LogP contribution in [0.2, 0.25) is 0 Å². The van der Waals surface area contributed by atoms with E-state index < -0.39 is 24.5 Å². The summed E-state index contributed by atoms with van der Waals surface area (Å²) in [5, 5.41) is 5.61. The van der Waals surface area contributed by atoms with Gasteiger partial charge in [0.25, 0.3) is 0 Å². The monoisotopic (exact) mass is 470 g/mol. The fourth-order valence-electron chi connectivity index (χ4n) is 3.82. The second-order valence-electron chi connectivity index (χ2n) is 8.15. The Morgan fingerprint density at radius 3 is 1.34 bits per heavy atom. The zero-order valence-corrected chi connectivity index (χ0v) is 20.6. The van der Waals surface area contributed by atoms with E-state index in [1.807, 2.05) is 0 Å². The Balaban J connectivity index is 0.000000183. The van der Waals surface area contributed by atoms with Gasteiger partial charge in [-0.3, -0.25) is 0 Å². The van der Waals surface area contributed by atoms with Crippen molar-refractivity contribution in [2.75, 3.05) is 0 Å². The topological polar surface area (TPSA) is 0 Å². The van der Waals surface area contributed by atoms with Crippen molar-refractivity contribution in [3.8, 4) is 0 Å². The average molecular weight is 472 g/mol. The predicted octanol–water partition coefficient (Wildman–Crippen LogP) is 8.82. The van der Waals surface area contributed by atoms with Crippen LogP contribution in [-0.2, 0) is 24.5 Å². The Morgan fingerprint density at radius 2 is 1.03 bits per heavy atom. The zero-order chi connectivity index (χ0) is 21.6. The molecule has 29 heavy (non-hydrogen) atoms. The van der Waals surface area contributed by atoms with Gasteiger partial charge in [-0.15, -0.1) is 69.1 Å². The van der Waals surface area contributed by atoms with Gasteiger partial charge in [-0.2, -0.15) is 12.1 Å². The van der Waals surface area contributed by atoms with E-state index >= 15 is 0 Å². The number of halogens is 2. The van der Waals surface area contributed by atoms with Gasteiger partial charge < -0.3 is 0 Å². The third-order valence-corrected chi connectivity index (χ3v) is 5.10. The maximum absolute atomic E-state index is 9.80. The standard InChI is InChI=1S/2C13H15.2FH.Zr/c2*1-9(2)12-6-4-5-11-7-10(3)8-13(11)12;;;/h2*4-9H,1-3H3;2*1H;/q2*-1;;;+4/p-2. The van der Waals surface area contributed by atoms with Gasteiger partial charge in [0.1, 0.15) is 0 Å². The molecule has 0 radical (unpaired) electrons. The van der Waals surface area contributed by atoms with Crippen LogP contribution >= 0.6 is 0 Å². The molecule has 0 fully saturated rings. The van der Waals surface area contributed by atoms with Gasteiger partial charge in [0.2, 0.25) is 0 Å². The van der Waals surface area contributed by atoms with Crippen molar-refractivity contribution in [3.05, 3.63) is 82.9 Å². The summed E-state index contributed by atoms with van der Waals surface area (Å²) in [4.78, 5) is 0. The van der Waals surface area contributed by atoms with Crippen LogP contribution in [0.5, 0.6) is 0 Å². The van der Waals surface area contributed by atoms with E-state index in [1.54, 1.807) is 0 Å². The first-order valence-electron chi connectivity index (χ1n) is 10.1. The molecule has 0 N–H and O–H groups in total. The average Bonchev–Trinajstić information content (AvgIpc) is 3.22. The van der Waals surface area contributed by atoms with Crippen molar-refractivity contribution in [1.29, 1.82) is 0 Å². The summed E-state index contributed by atoms with van der Waals surface area (Å²) in [5.74, 6) is 1.23. The molecule has 0 amide bonds. The van der Waals surface area contributed by atoms with E-state index in [2.05, 4.69) is 102 Å². The molecule has 0 aliphatic rings.